The highest BCUT2D eigenvalue weighted by Crippen LogP contribution is 2.22. The number of aromatic nitrogens is 1. The molecule has 1 aromatic heterocycles. The third kappa shape index (κ3) is 4.01. The van der Waals surface area contributed by atoms with Gasteiger partial charge in [-0.3, -0.25) is 9.78 Å². The number of carbonyl (C=O) groups excluding carboxylic acids is 1. The van der Waals surface area contributed by atoms with Gasteiger partial charge < -0.3 is 10.5 Å². The van der Waals surface area contributed by atoms with Crippen LogP contribution in [0, 0.1) is 12.7 Å². The van der Waals surface area contributed by atoms with Crippen LogP contribution in [-0.4, -0.2) is 10.9 Å². The average molecular weight is 336 g/mol. The molecule has 0 saturated heterocycles. The van der Waals surface area contributed by atoms with Crippen molar-refractivity contribution in [3.05, 3.63) is 83.3 Å². The summed E-state index contributed by atoms with van der Waals surface area (Å²) in [4.78, 5) is 15.7. The molecule has 0 fully saturated rings. The van der Waals surface area contributed by atoms with E-state index in [0.717, 1.165) is 22.4 Å². The summed E-state index contributed by atoms with van der Waals surface area (Å²) in [5.74, 6) is -0.145. The maximum Gasteiger partial charge on any atom is 0.248 e. The van der Waals surface area contributed by atoms with Crippen LogP contribution in [0.3, 0.4) is 0 Å². The molecule has 2 aromatic carbocycles. The number of benzene rings is 2. The Bertz CT molecular complexity index is 908. The Hall–Kier alpha value is -3.21. The second-order valence-electron chi connectivity index (χ2n) is 5.69. The lowest BCUT2D eigenvalue weighted by Crippen LogP contribution is -2.12. The van der Waals surface area contributed by atoms with Gasteiger partial charge in [-0.05, 0) is 66.6 Å². The summed E-state index contributed by atoms with van der Waals surface area (Å²) in [6, 6.07) is 15.1. The summed E-state index contributed by atoms with van der Waals surface area (Å²) < 4.78 is 18.6. The van der Waals surface area contributed by atoms with Crippen LogP contribution in [0.2, 0.25) is 0 Å². The van der Waals surface area contributed by atoms with Gasteiger partial charge in [0, 0.05) is 17.3 Å². The molecule has 3 rings (SSSR count). The van der Waals surface area contributed by atoms with E-state index in [-0.39, 0.29) is 5.82 Å². The van der Waals surface area contributed by atoms with E-state index in [1.165, 1.54) is 12.1 Å². The number of aryl methyl sites for hydroxylation is 1. The molecule has 0 saturated carbocycles. The van der Waals surface area contributed by atoms with Crippen LogP contribution in [0.4, 0.5) is 4.39 Å². The number of primary amides is 1. The van der Waals surface area contributed by atoms with Gasteiger partial charge in [0.05, 0.1) is 5.69 Å². The number of ether oxygens (including phenoxy) is 1. The van der Waals surface area contributed by atoms with Crippen LogP contribution in [0.15, 0.2) is 60.8 Å². The Labute approximate surface area is 145 Å². The summed E-state index contributed by atoms with van der Waals surface area (Å²) in [5, 5.41) is 0. The normalized spacial score (nSPS) is 10.5. The van der Waals surface area contributed by atoms with Crippen molar-refractivity contribution >= 4 is 5.91 Å². The van der Waals surface area contributed by atoms with Gasteiger partial charge in [0.25, 0.3) is 0 Å². The Balaban J connectivity index is 1.78. The molecule has 0 unspecified atom stereocenters. The first-order valence-corrected chi connectivity index (χ1v) is 7.77. The zero-order chi connectivity index (χ0) is 17.8. The molecule has 3 aromatic rings. The average Bonchev–Trinajstić information content (AvgIpc) is 2.61. The number of nitrogens with two attached hydrogens (primary N) is 1. The van der Waals surface area contributed by atoms with Crippen molar-refractivity contribution in [3.8, 4) is 17.0 Å². The molecular formula is C20H17FN2O2. The molecule has 0 spiro atoms. The minimum absolute atomic E-state index is 0.298. The molecule has 1 amide bonds. The lowest BCUT2D eigenvalue weighted by Gasteiger charge is -2.09. The predicted molar refractivity (Wildman–Crippen MR) is 93.7 cm³/mol. The number of nitrogens with zero attached hydrogens (tertiary/aromatic N) is 1. The molecular weight excluding hydrogens is 319 g/mol. The van der Waals surface area contributed by atoms with E-state index in [4.69, 9.17) is 10.5 Å². The van der Waals surface area contributed by atoms with Gasteiger partial charge in [0.15, 0.2) is 0 Å². The first-order chi connectivity index (χ1) is 12.0. The maximum atomic E-state index is 12.9. The number of pyridine rings is 1. The number of hydrogen-bond acceptors (Lipinski definition) is 3. The molecule has 5 heteroatoms. The van der Waals surface area contributed by atoms with Crippen molar-refractivity contribution in [2.75, 3.05) is 0 Å². The lowest BCUT2D eigenvalue weighted by molar-refractivity contribution is 0.0999. The minimum atomic E-state index is -0.446. The van der Waals surface area contributed by atoms with Crippen molar-refractivity contribution < 1.29 is 13.9 Å². The van der Waals surface area contributed by atoms with E-state index < -0.39 is 5.91 Å². The van der Waals surface area contributed by atoms with E-state index in [9.17, 15) is 9.18 Å². The quantitative estimate of drug-likeness (QED) is 0.769. The third-order valence-electron chi connectivity index (χ3n) is 3.83. The monoisotopic (exact) mass is 336 g/mol. The van der Waals surface area contributed by atoms with E-state index in [1.54, 1.807) is 24.4 Å². The van der Waals surface area contributed by atoms with Gasteiger partial charge >= 0.3 is 0 Å². The molecule has 0 atom stereocenters. The fraction of sp³-hybridized carbons (Fsp3) is 0.100. The van der Waals surface area contributed by atoms with Crippen LogP contribution < -0.4 is 10.5 Å². The summed E-state index contributed by atoms with van der Waals surface area (Å²) >= 11 is 0. The van der Waals surface area contributed by atoms with Gasteiger partial charge in [-0.15, -0.1) is 0 Å². The second-order valence-corrected chi connectivity index (χ2v) is 5.69. The van der Waals surface area contributed by atoms with Gasteiger partial charge in [0.1, 0.15) is 18.2 Å². The summed E-state index contributed by atoms with van der Waals surface area (Å²) in [7, 11) is 0. The Morgan fingerprint density at radius 1 is 1.12 bits per heavy atom. The van der Waals surface area contributed by atoms with Crippen molar-refractivity contribution in [2.45, 2.75) is 13.5 Å². The van der Waals surface area contributed by atoms with E-state index >= 15 is 0 Å². The first-order valence-electron chi connectivity index (χ1n) is 7.77. The number of rotatable bonds is 5. The Morgan fingerprint density at radius 3 is 2.56 bits per heavy atom. The van der Waals surface area contributed by atoms with Crippen molar-refractivity contribution in [3.63, 3.8) is 0 Å². The number of hydrogen-bond donors (Lipinski definition) is 1. The minimum Gasteiger partial charge on any atom is -0.489 e. The largest absolute Gasteiger partial charge is 0.489 e. The smallest absolute Gasteiger partial charge is 0.248 e. The van der Waals surface area contributed by atoms with Gasteiger partial charge in [-0.25, -0.2) is 4.39 Å². The molecule has 0 aliphatic heterocycles. The van der Waals surface area contributed by atoms with Crippen LogP contribution in [-0.2, 0) is 6.61 Å². The summed E-state index contributed by atoms with van der Waals surface area (Å²) in [6.45, 7) is 2.19. The Morgan fingerprint density at radius 2 is 1.88 bits per heavy atom. The SMILES string of the molecule is Cc1cc(-c2cc(COc3ccc(F)cc3)ccn2)ccc1C(N)=O. The molecule has 25 heavy (non-hydrogen) atoms. The lowest BCUT2D eigenvalue weighted by atomic mass is 10.0. The zero-order valence-electron chi connectivity index (χ0n) is 13.7. The number of halogens is 1. The first kappa shape index (κ1) is 16.6. The molecule has 1 heterocycles. The van der Waals surface area contributed by atoms with Crippen LogP contribution in [0.1, 0.15) is 21.5 Å². The number of amides is 1. The highest BCUT2D eigenvalue weighted by molar-refractivity contribution is 5.94. The molecule has 0 radical (unpaired) electrons. The summed E-state index contributed by atoms with van der Waals surface area (Å²) in [5.41, 5.74) is 9.25. The van der Waals surface area contributed by atoms with Crippen LogP contribution >= 0.6 is 0 Å². The zero-order valence-corrected chi connectivity index (χ0v) is 13.7. The Kier molecular flexibility index (Phi) is 4.75. The fourth-order valence-corrected chi connectivity index (χ4v) is 2.52. The fourth-order valence-electron chi connectivity index (χ4n) is 2.52. The second kappa shape index (κ2) is 7.13. The van der Waals surface area contributed by atoms with Crippen molar-refractivity contribution in [1.82, 2.24) is 4.98 Å². The summed E-state index contributed by atoms with van der Waals surface area (Å²) in [6.07, 6.45) is 1.70. The van der Waals surface area contributed by atoms with E-state index in [0.29, 0.717) is 17.9 Å². The van der Waals surface area contributed by atoms with Crippen LogP contribution in [0.25, 0.3) is 11.3 Å². The molecule has 2 N–H and O–H groups in total. The van der Waals surface area contributed by atoms with E-state index in [2.05, 4.69) is 4.98 Å². The van der Waals surface area contributed by atoms with Crippen molar-refractivity contribution in [2.24, 2.45) is 5.73 Å². The molecule has 126 valence electrons. The predicted octanol–water partition coefficient (Wildman–Crippen LogP) is 3.87. The molecule has 0 aliphatic rings. The maximum absolute atomic E-state index is 12.9. The molecule has 4 nitrogen and oxygen atoms in total. The highest BCUT2D eigenvalue weighted by atomic mass is 19.1. The van der Waals surface area contributed by atoms with Crippen LogP contribution in [0.5, 0.6) is 5.75 Å². The molecule has 0 aliphatic carbocycles. The van der Waals surface area contributed by atoms with Gasteiger partial charge in [0.2, 0.25) is 5.91 Å². The van der Waals surface area contributed by atoms with Gasteiger partial charge in [-0.2, -0.15) is 0 Å². The molecule has 0 bridgehead atoms. The topological polar surface area (TPSA) is 65.2 Å². The van der Waals surface area contributed by atoms with Gasteiger partial charge in [-0.1, -0.05) is 6.07 Å². The van der Waals surface area contributed by atoms with Crippen molar-refractivity contribution in [1.29, 1.82) is 0 Å². The standard InChI is InChI=1S/C20H17FN2O2/c1-13-10-15(2-7-18(13)20(22)24)19-11-14(8-9-23-19)12-25-17-5-3-16(21)4-6-17/h2-11H,12H2,1H3,(H2,22,24). The number of carbonyl (C=O) groups is 1. The third-order valence-corrected chi connectivity index (χ3v) is 3.83. The van der Waals surface area contributed by atoms with E-state index in [1.807, 2.05) is 31.2 Å². The highest BCUT2D eigenvalue weighted by Gasteiger charge is 2.08.